The summed E-state index contributed by atoms with van der Waals surface area (Å²) in [5, 5.41) is 35.2. The van der Waals surface area contributed by atoms with Gasteiger partial charge in [0.25, 0.3) is 0 Å². The SMILES string of the molecule is NC(CC(=O)O)C(=O)NC(Cc1cnc[nH]1)C(=O)NC(Cc1c[nH]c2ccccc12)C(=O)NC(CC(=O)O)C(=O)O. The van der Waals surface area contributed by atoms with Crippen molar-refractivity contribution in [3.05, 3.63) is 54.2 Å². The first-order valence-electron chi connectivity index (χ1n) is 12.3. The van der Waals surface area contributed by atoms with Gasteiger partial charge in [0.05, 0.1) is 25.2 Å². The molecule has 10 N–H and O–H groups in total. The number of carbonyl (C=O) groups is 6. The molecule has 1 aromatic carbocycles. The number of fused-ring (bicyclic) bond motifs is 1. The molecular formula is C25H29N7O9. The predicted molar refractivity (Wildman–Crippen MR) is 140 cm³/mol. The van der Waals surface area contributed by atoms with Crippen LogP contribution >= 0.6 is 0 Å². The Kier molecular flexibility index (Phi) is 10.1. The number of carbonyl (C=O) groups excluding carboxylic acids is 3. The van der Waals surface area contributed by atoms with Gasteiger partial charge in [-0.25, -0.2) is 9.78 Å². The van der Waals surface area contributed by atoms with Crippen LogP contribution in [0.2, 0.25) is 0 Å². The molecule has 0 saturated carbocycles. The maximum absolute atomic E-state index is 13.4. The molecule has 0 aliphatic carbocycles. The Labute approximate surface area is 231 Å². The Morgan fingerprint density at radius 2 is 1.41 bits per heavy atom. The van der Waals surface area contributed by atoms with Crippen molar-refractivity contribution in [2.24, 2.45) is 5.73 Å². The minimum absolute atomic E-state index is 0.135. The highest BCUT2D eigenvalue weighted by Crippen LogP contribution is 2.19. The van der Waals surface area contributed by atoms with Gasteiger partial charge in [-0.1, -0.05) is 18.2 Å². The van der Waals surface area contributed by atoms with Crippen molar-refractivity contribution in [3.63, 3.8) is 0 Å². The molecule has 4 unspecified atom stereocenters. The number of H-pyrrole nitrogens is 2. The Morgan fingerprint density at radius 3 is 2.02 bits per heavy atom. The molecule has 0 fully saturated rings. The standard InChI is InChI=1S/C25H29N7O9/c26-15(7-20(33)34)22(37)30-18(6-13-10-27-11-29-13)24(39)31-17(23(38)32-19(25(40)41)8-21(35)36)5-12-9-28-16-4-2-1-3-14(12)16/h1-4,9-11,15,17-19,28H,5-8,26H2,(H,27,29)(H,30,37)(H,31,39)(H,32,38)(H,33,34)(H,35,36)(H,40,41). The fourth-order valence-corrected chi connectivity index (χ4v) is 4.03. The van der Waals surface area contributed by atoms with E-state index in [1.165, 1.54) is 12.5 Å². The molecule has 4 atom stereocenters. The number of nitrogens with two attached hydrogens (primary N) is 1. The minimum atomic E-state index is -1.78. The number of carboxylic acid groups (broad SMARTS) is 3. The average Bonchev–Trinajstić information content (AvgIpc) is 3.56. The van der Waals surface area contributed by atoms with Gasteiger partial charge in [0.15, 0.2) is 0 Å². The lowest BCUT2D eigenvalue weighted by Gasteiger charge is -2.25. The van der Waals surface area contributed by atoms with Crippen LogP contribution in [-0.2, 0) is 41.6 Å². The van der Waals surface area contributed by atoms with E-state index in [0.29, 0.717) is 11.3 Å². The topological polar surface area (TPSA) is 270 Å². The first-order chi connectivity index (χ1) is 19.4. The van der Waals surface area contributed by atoms with Gasteiger partial charge in [0.1, 0.15) is 18.1 Å². The molecule has 3 amide bonds. The number of nitrogens with one attached hydrogen (secondary N) is 5. The van der Waals surface area contributed by atoms with Gasteiger partial charge in [-0.15, -0.1) is 0 Å². The van der Waals surface area contributed by atoms with Crippen LogP contribution in [0.15, 0.2) is 43.0 Å². The third kappa shape index (κ3) is 8.62. The fourth-order valence-electron chi connectivity index (χ4n) is 4.03. The molecule has 16 nitrogen and oxygen atoms in total. The van der Waals surface area contributed by atoms with E-state index in [9.17, 15) is 33.9 Å². The van der Waals surface area contributed by atoms with Gasteiger partial charge in [0.2, 0.25) is 17.7 Å². The van der Waals surface area contributed by atoms with E-state index in [4.69, 9.17) is 15.9 Å². The van der Waals surface area contributed by atoms with Crippen LogP contribution in [0, 0.1) is 0 Å². The van der Waals surface area contributed by atoms with E-state index in [0.717, 1.165) is 10.9 Å². The molecule has 0 bridgehead atoms. The number of aromatic amines is 2. The Hall–Kier alpha value is -5.25. The second-order valence-corrected chi connectivity index (χ2v) is 9.17. The van der Waals surface area contributed by atoms with Crippen LogP contribution in [0.1, 0.15) is 24.1 Å². The van der Waals surface area contributed by atoms with E-state index < -0.39 is 72.6 Å². The molecule has 218 valence electrons. The lowest BCUT2D eigenvalue weighted by molar-refractivity contribution is -0.147. The summed E-state index contributed by atoms with van der Waals surface area (Å²) < 4.78 is 0. The van der Waals surface area contributed by atoms with Gasteiger partial charge >= 0.3 is 17.9 Å². The number of aromatic nitrogens is 3. The first-order valence-corrected chi connectivity index (χ1v) is 12.3. The molecule has 0 aliphatic rings. The number of carboxylic acids is 3. The quantitative estimate of drug-likeness (QED) is 0.101. The number of rotatable bonds is 15. The summed E-state index contributed by atoms with van der Waals surface area (Å²) in [4.78, 5) is 82.6. The molecule has 0 radical (unpaired) electrons. The number of hydrogen-bond donors (Lipinski definition) is 9. The van der Waals surface area contributed by atoms with Gasteiger partial charge < -0.3 is 47.0 Å². The smallest absolute Gasteiger partial charge is 0.326 e. The van der Waals surface area contributed by atoms with Crippen molar-refractivity contribution in [1.29, 1.82) is 0 Å². The second kappa shape index (κ2) is 13.7. The highest BCUT2D eigenvalue weighted by Gasteiger charge is 2.32. The molecule has 0 saturated heterocycles. The summed E-state index contributed by atoms with van der Waals surface area (Å²) in [6, 6.07) is 1.09. The molecule has 2 heterocycles. The maximum atomic E-state index is 13.4. The third-order valence-electron chi connectivity index (χ3n) is 6.07. The van der Waals surface area contributed by atoms with Crippen molar-refractivity contribution in [2.45, 2.75) is 49.9 Å². The molecule has 16 heteroatoms. The van der Waals surface area contributed by atoms with E-state index in [2.05, 4.69) is 30.9 Å². The number of hydrogen-bond acceptors (Lipinski definition) is 8. The molecule has 2 aromatic heterocycles. The predicted octanol–water partition coefficient (Wildman–Crippen LogP) is -1.51. The normalized spacial score (nSPS) is 13.9. The number of imidazole rings is 1. The number of amides is 3. The van der Waals surface area contributed by atoms with Crippen LogP contribution in [0.25, 0.3) is 10.9 Å². The number of aliphatic carboxylic acids is 3. The minimum Gasteiger partial charge on any atom is -0.481 e. The Bertz CT molecular complexity index is 1420. The van der Waals surface area contributed by atoms with Crippen LogP contribution < -0.4 is 21.7 Å². The van der Waals surface area contributed by atoms with Gasteiger partial charge in [-0.05, 0) is 11.6 Å². The van der Waals surface area contributed by atoms with Crippen LogP contribution in [0.4, 0.5) is 0 Å². The highest BCUT2D eigenvalue weighted by molar-refractivity contribution is 5.96. The van der Waals surface area contributed by atoms with Crippen molar-refractivity contribution in [1.82, 2.24) is 30.9 Å². The summed E-state index contributed by atoms with van der Waals surface area (Å²) in [6.07, 6.45) is 2.45. The summed E-state index contributed by atoms with van der Waals surface area (Å²) in [7, 11) is 0. The molecule has 0 spiro atoms. The zero-order valence-electron chi connectivity index (χ0n) is 21.5. The lowest BCUT2D eigenvalue weighted by Crippen LogP contribution is -2.58. The summed E-state index contributed by atoms with van der Waals surface area (Å²) in [5.74, 6) is -7.17. The van der Waals surface area contributed by atoms with E-state index in [-0.39, 0.29) is 12.8 Å². The van der Waals surface area contributed by atoms with E-state index in [1.54, 1.807) is 30.5 Å². The third-order valence-corrected chi connectivity index (χ3v) is 6.07. The van der Waals surface area contributed by atoms with Gasteiger partial charge in [-0.3, -0.25) is 24.0 Å². The van der Waals surface area contributed by atoms with Crippen molar-refractivity contribution < 1.29 is 44.1 Å². The van der Waals surface area contributed by atoms with Crippen LogP contribution in [0.3, 0.4) is 0 Å². The zero-order valence-corrected chi connectivity index (χ0v) is 21.5. The first kappa shape index (κ1) is 30.3. The average molecular weight is 572 g/mol. The summed E-state index contributed by atoms with van der Waals surface area (Å²) in [6.45, 7) is 0. The van der Waals surface area contributed by atoms with Crippen LogP contribution in [0.5, 0.6) is 0 Å². The highest BCUT2D eigenvalue weighted by atomic mass is 16.4. The Morgan fingerprint density at radius 1 is 0.805 bits per heavy atom. The number of benzene rings is 1. The molecule has 41 heavy (non-hydrogen) atoms. The lowest BCUT2D eigenvalue weighted by atomic mass is 10.0. The molecule has 0 aliphatic heterocycles. The van der Waals surface area contributed by atoms with Gasteiger partial charge in [-0.2, -0.15) is 0 Å². The van der Waals surface area contributed by atoms with E-state index >= 15 is 0 Å². The van der Waals surface area contributed by atoms with Crippen molar-refractivity contribution >= 4 is 46.5 Å². The van der Waals surface area contributed by atoms with Crippen molar-refractivity contribution in [2.75, 3.05) is 0 Å². The van der Waals surface area contributed by atoms with Gasteiger partial charge in [0, 0.05) is 41.8 Å². The summed E-state index contributed by atoms with van der Waals surface area (Å²) >= 11 is 0. The zero-order chi connectivity index (χ0) is 30.1. The number of nitrogens with zero attached hydrogens (tertiary/aromatic N) is 1. The molecule has 3 rings (SSSR count). The Balaban J connectivity index is 1.88. The fraction of sp³-hybridized carbons (Fsp3) is 0.320. The molecular weight excluding hydrogens is 542 g/mol. The van der Waals surface area contributed by atoms with Crippen LogP contribution in [-0.4, -0.2) is 90.1 Å². The largest absolute Gasteiger partial charge is 0.481 e. The molecule has 3 aromatic rings. The maximum Gasteiger partial charge on any atom is 0.326 e. The monoisotopic (exact) mass is 571 g/mol. The second-order valence-electron chi connectivity index (χ2n) is 9.17. The van der Waals surface area contributed by atoms with E-state index in [1.807, 2.05) is 0 Å². The van der Waals surface area contributed by atoms with Crippen molar-refractivity contribution in [3.8, 4) is 0 Å². The number of para-hydroxylation sites is 1. The summed E-state index contributed by atoms with van der Waals surface area (Å²) in [5.41, 5.74) is 7.38.